The highest BCUT2D eigenvalue weighted by Gasteiger charge is 2.24. The van der Waals surface area contributed by atoms with E-state index in [-0.39, 0.29) is 0 Å². The van der Waals surface area contributed by atoms with Crippen LogP contribution in [-0.4, -0.2) is 19.5 Å². The number of rotatable bonds is 4. The fraction of sp³-hybridized carbons (Fsp3) is 1.00. The van der Waals surface area contributed by atoms with Crippen LogP contribution in [0.25, 0.3) is 0 Å². The summed E-state index contributed by atoms with van der Waals surface area (Å²) in [6.45, 7) is 4.44. The maximum atomic E-state index is 5.33. The molecule has 1 nitrogen and oxygen atoms in total. The lowest BCUT2D eigenvalue weighted by molar-refractivity contribution is 0.196. The second-order valence-electron chi connectivity index (χ2n) is 6.47. The second-order valence-corrected chi connectivity index (χ2v) is 11.2. The molecular weight excluding hydrogens is 264 g/mol. The SMILES string of the molecule is C1CCC(C2CCCCC2)CC1.CC[SiH](CC)O[SiH3]. The summed E-state index contributed by atoms with van der Waals surface area (Å²) in [5.74, 6) is 2.28. The molecule has 0 heterocycles. The lowest BCUT2D eigenvalue weighted by Crippen LogP contribution is -2.20. The fourth-order valence-electron chi connectivity index (χ4n) is 3.83. The molecule has 0 aromatic carbocycles. The predicted molar refractivity (Wildman–Crippen MR) is 92.3 cm³/mol. The molecule has 2 aliphatic rings. The average molecular weight is 301 g/mol. The van der Waals surface area contributed by atoms with Gasteiger partial charge < -0.3 is 4.12 Å². The molecule has 2 fully saturated rings. The van der Waals surface area contributed by atoms with Crippen molar-refractivity contribution in [3.05, 3.63) is 0 Å². The molecule has 0 radical (unpaired) electrons. The Balaban J connectivity index is 0.000000224. The van der Waals surface area contributed by atoms with Crippen LogP contribution in [0.4, 0.5) is 0 Å². The molecule has 0 aliphatic heterocycles. The summed E-state index contributed by atoms with van der Waals surface area (Å²) in [6, 6.07) is 2.61. The van der Waals surface area contributed by atoms with Crippen LogP contribution in [0.15, 0.2) is 0 Å². The van der Waals surface area contributed by atoms with E-state index in [1.807, 2.05) is 0 Å². The standard InChI is InChI=1S/C12H22.C4H14OSi2/c1-3-7-11(8-4-1)12-9-5-2-6-10-12;1-3-7(4-2)5-6/h11-12H,1-10H2;7H,3-4H2,1-2,6H3. The first-order valence-corrected chi connectivity index (χ1v) is 11.8. The van der Waals surface area contributed by atoms with E-state index >= 15 is 0 Å². The van der Waals surface area contributed by atoms with Crippen molar-refractivity contribution in [2.24, 2.45) is 11.8 Å². The summed E-state index contributed by atoms with van der Waals surface area (Å²) in [7, 11) is 0.344. The van der Waals surface area contributed by atoms with Crippen LogP contribution in [0, 0.1) is 11.8 Å². The van der Waals surface area contributed by atoms with Crippen LogP contribution in [0.3, 0.4) is 0 Å². The van der Waals surface area contributed by atoms with Crippen molar-refractivity contribution in [3.63, 3.8) is 0 Å². The highest BCUT2D eigenvalue weighted by molar-refractivity contribution is 6.55. The van der Waals surface area contributed by atoms with E-state index in [9.17, 15) is 0 Å². The molecular formula is C16H36OSi2. The minimum atomic E-state index is -0.610. The van der Waals surface area contributed by atoms with E-state index in [0.717, 1.165) is 22.3 Å². The van der Waals surface area contributed by atoms with Crippen LogP contribution in [0.1, 0.15) is 78.1 Å². The van der Waals surface area contributed by atoms with Crippen molar-refractivity contribution in [3.8, 4) is 0 Å². The van der Waals surface area contributed by atoms with Crippen molar-refractivity contribution in [1.82, 2.24) is 0 Å². The van der Waals surface area contributed by atoms with Crippen LogP contribution in [0.5, 0.6) is 0 Å². The number of hydrogen-bond acceptors (Lipinski definition) is 1. The van der Waals surface area contributed by atoms with E-state index in [0.29, 0.717) is 0 Å². The molecule has 2 aliphatic carbocycles. The van der Waals surface area contributed by atoms with E-state index in [1.165, 1.54) is 50.6 Å². The molecule has 0 saturated heterocycles. The molecule has 0 atom stereocenters. The largest absolute Gasteiger partial charge is 0.466 e. The molecule has 0 unspecified atom stereocenters. The molecule has 0 aromatic heterocycles. The molecule has 0 aromatic rings. The fourth-order valence-corrected chi connectivity index (χ4v) is 7.08. The molecule has 2 rings (SSSR count). The Kier molecular flexibility index (Phi) is 10.2. The van der Waals surface area contributed by atoms with Gasteiger partial charge in [-0.3, -0.25) is 0 Å². The normalized spacial score (nSPS) is 22.3. The van der Waals surface area contributed by atoms with Gasteiger partial charge in [0.1, 0.15) is 10.5 Å². The molecule has 19 heavy (non-hydrogen) atoms. The summed E-state index contributed by atoms with van der Waals surface area (Å²) in [5.41, 5.74) is 0. The van der Waals surface area contributed by atoms with Gasteiger partial charge in [0.25, 0.3) is 0 Å². The lowest BCUT2D eigenvalue weighted by Gasteiger charge is -2.32. The van der Waals surface area contributed by atoms with Gasteiger partial charge in [-0.1, -0.05) is 78.1 Å². The average Bonchev–Trinajstić information content (AvgIpc) is 2.51. The quantitative estimate of drug-likeness (QED) is 0.707. The Morgan fingerprint density at radius 2 is 1.16 bits per heavy atom. The first kappa shape index (κ1) is 17.4. The van der Waals surface area contributed by atoms with Gasteiger partial charge in [0.05, 0.1) is 0 Å². The monoisotopic (exact) mass is 300 g/mol. The Bertz CT molecular complexity index is 173. The van der Waals surface area contributed by atoms with Crippen LogP contribution < -0.4 is 0 Å². The third-order valence-electron chi connectivity index (χ3n) is 5.21. The Morgan fingerprint density at radius 1 is 0.789 bits per heavy atom. The first-order valence-electron chi connectivity index (χ1n) is 8.84. The zero-order valence-electron chi connectivity index (χ0n) is 13.6. The summed E-state index contributed by atoms with van der Waals surface area (Å²) in [4.78, 5) is 0. The van der Waals surface area contributed by atoms with Crippen molar-refractivity contribution < 1.29 is 4.12 Å². The minimum Gasteiger partial charge on any atom is -0.466 e. The molecule has 0 bridgehead atoms. The summed E-state index contributed by atoms with van der Waals surface area (Å²) < 4.78 is 5.33. The van der Waals surface area contributed by atoms with Crippen molar-refractivity contribution in [2.75, 3.05) is 0 Å². The van der Waals surface area contributed by atoms with Gasteiger partial charge >= 0.3 is 0 Å². The minimum absolute atomic E-state index is 0.610. The van der Waals surface area contributed by atoms with Gasteiger partial charge in [0.2, 0.25) is 0 Å². The third kappa shape index (κ3) is 7.10. The van der Waals surface area contributed by atoms with Gasteiger partial charge in [0, 0.05) is 0 Å². The Labute approximate surface area is 126 Å². The van der Waals surface area contributed by atoms with Crippen LogP contribution in [-0.2, 0) is 4.12 Å². The highest BCUT2D eigenvalue weighted by Crippen LogP contribution is 2.37. The predicted octanol–water partition coefficient (Wildman–Crippen LogP) is 4.19. The van der Waals surface area contributed by atoms with E-state index in [2.05, 4.69) is 13.8 Å². The summed E-state index contributed by atoms with van der Waals surface area (Å²) in [5, 5.41) is 0. The smallest absolute Gasteiger partial charge is 0.161 e. The maximum Gasteiger partial charge on any atom is 0.161 e. The summed E-state index contributed by atoms with van der Waals surface area (Å²) in [6.07, 6.45) is 15.4. The number of hydrogen-bond donors (Lipinski definition) is 0. The highest BCUT2D eigenvalue weighted by atomic mass is 28.3. The Morgan fingerprint density at radius 3 is 1.37 bits per heavy atom. The zero-order valence-corrected chi connectivity index (χ0v) is 16.8. The van der Waals surface area contributed by atoms with Gasteiger partial charge in [-0.05, 0) is 23.9 Å². The topological polar surface area (TPSA) is 9.23 Å². The summed E-state index contributed by atoms with van der Waals surface area (Å²) >= 11 is 0. The Hall–Kier alpha value is 0.394. The van der Waals surface area contributed by atoms with E-state index in [4.69, 9.17) is 4.12 Å². The molecule has 2 saturated carbocycles. The maximum absolute atomic E-state index is 5.33. The van der Waals surface area contributed by atoms with Gasteiger partial charge in [0.15, 0.2) is 9.04 Å². The molecule has 0 amide bonds. The van der Waals surface area contributed by atoms with E-state index < -0.39 is 9.04 Å². The molecule has 3 heteroatoms. The third-order valence-corrected chi connectivity index (χ3v) is 9.70. The first-order chi connectivity index (χ1) is 9.31. The van der Waals surface area contributed by atoms with Gasteiger partial charge in [-0.15, -0.1) is 0 Å². The second kappa shape index (κ2) is 11.1. The molecule has 0 spiro atoms. The van der Waals surface area contributed by atoms with Gasteiger partial charge in [-0.2, -0.15) is 0 Å². The van der Waals surface area contributed by atoms with Crippen molar-refractivity contribution in [2.45, 2.75) is 90.1 Å². The molecule has 114 valence electrons. The van der Waals surface area contributed by atoms with E-state index in [1.54, 1.807) is 25.7 Å². The van der Waals surface area contributed by atoms with Crippen molar-refractivity contribution >= 4 is 19.5 Å². The zero-order chi connectivity index (χ0) is 13.9. The lowest BCUT2D eigenvalue weighted by atomic mass is 9.73. The van der Waals surface area contributed by atoms with Crippen molar-refractivity contribution in [1.29, 1.82) is 0 Å². The van der Waals surface area contributed by atoms with Crippen LogP contribution >= 0.6 is 0 Å². The molecule has 0 N–H and O–H groups in total. The van der Waals surface area contributed by atoms with Crippen LogP contribution in [0.2, 0.25) is 12.1 Å². The van der Waals surface area contributed by atoms with Gasteiger partial charge in [-0.25, -0.2) is 0 Å².